The monoisotopic (exact) mass is 551 g/mol. The molecule has 12 heteroatoms. The van der Waals surface area contributed by atoms with Gasteiger partial charge in [0.25, 0.3) is 5.91 Å². The number of ether oxygens (including phenoxy) is 1. The normalized spacial score (nSPS) is 18.6. The van der Waals surface area contributed by atoms with Crippen molar-refractivity contribution in [3.8, 4) is 0 Å². The van der Waals surface area contributed by atoms with Crippen LogP contribution in [0.15, 0.2) is 42.1 Å². The maximum Gasteiger partial charge on any atom is 0.410 e. The van der Waals surface area contributed by atoms with Crippen molar-refractivity contribution in [2.75, 3.05) is 23.7 Å². The van der Waals surface area contributed by atoms with Crippen LogP contribution in [0.3, 0.4) is 0 Å². The second kappa shape index (κ2) is 10.6. The molecule has 1 atom stereocenters. The first kappa shape index (κ1) is 26.5. The van der Waals surface area contributed by atoms with Crippen molar-refractivity contribution < 1.29 is 19.1 Å². The van der Waals surface area contributed by atoms with Gasteiger partial charge < -0.3 is 20.3 Å². The highest BCUT2D eigenvalue weighted by Crippen LogP contribution is 2.27. The minimum absolute atomic E-state index is 0.00388. The fourth-order valence-electron chi connectivity index (χ4n) is 4.63. The Morgan fingerprint density at radius 3 is 2.82 bits per heavy atom. The number of rotatable bonds is 6. The van der Waals surface area contributed by atoms with Crippen LogP contribution in [0, 0.1) is 0 Å². The zero-order valence-corrected chi connectivity index (χ0v) is 22.7. The van der Waals surface area contributed by atoms with E-state index in [9.17, 15) is 14.4 Å². The minimum atomic E-state index is -0.573. The molecule has 0 bridgehead atoms. The first-order chi connectivity index (χ1) is 18.6. The number of hydrogen-bond donors (Lipinski definition) is 3. The third-order valence-electron chi connectivity index (χ3n) is 6.35. The molecule has 5 rings (SSSR count). The van der Waals surface area contributed by atoms with E-state index in [-0.39, 0.29) is 24.5 Å². The van der Waals surface area contributed by atoms with Gasteiger partial charge in [0.2, 0.25) is 5.91 Å². The molecule has 3 amide bonds. The standard InChI is InChI=1S/C27H30ClN7O4/c1-27(2,3)39-26(38)34-9-5-8-20(34)15-29-22-13-21(31-19-7-4-6-18(28)12-19)32-24-17(14-30-35(22)24)10-16-11-23(36)33-25(16)37/h4,6-7,10,12-14,20,29H,5,8-9,11,15H2,1-3H3,(H,31,32)(H,33,36,37)/b16-10+. The van der Waals surface area contributed by atoms with Crippen LogP contribution in [0.1, 0.15) is 45.6 Å². The number of anilines is 3. The average Bonchev–Trinajstić information content (AvgIpc) is 3.56. The van der Waals surface area contributed by atoms with Gasteiger partial charge in [-0.05, 0) is 57.9 Å². The summed E-state index contributed by atoms with van der Waals surface area (Å²) in [4.78, 5) is 43.1. The number of aromatic nitrogens is 3. The van der Waals surface area contributed by atoms with E-state index in [0.29, 0.717) is 46.5 Å². The van der Waals surface area contributed by atoms with Crippen LogP contribution >= 0.6 is 11.6 Å². The Morgan fingerprint density at radius 1 is 1.28 bits per heavy atom. The highest BCUT2D eigenvalue weighted by Gasteiger charge is 2.32. The Labute approximate surface area is 230 Å². The number of carbonyl (C=O) groups excluding carboxylic acids is 3. The van der Waals surface area contributed by atoms with Gasteiger partial charge >= 0.3 is 6.09 Å². The van der Waals surface area contributed by atoms with Crippen LogP contribution in [0.4, 0.5) is 22.1 Å². The number of halogens is 1. The summed E-state index contributed by atoms with van der Waals surface area (Å²) in [5.41, 5.74) is 1.59. The summed E-state index contributed by atoms with van der Waals surface area (Å²) in [6.45, 7) is 6.67. The van der Waals surface area contributed by atoms with Crippen molar-refractivity contribution in [2.24, 2.45) is 0 Å². The summed E-state index contributed by atoms with van der Waals surface area (Å²) in [5.74, 6) is 0.397. The van der Waals surface area contributed by atoms with Crippen LogP contribution in [0.5, 0.6) is 0 Å². The lowest BCUT2D eigenvalue weighted by atomic mass is 10.1. The second-order valence-electron chi connectivity index (χ2n) is 10.6. The quantitative estimate of drug-likeness (QED) is 0.304. The lowest BCUT2D eigenvalue weighted by Crippen LogP contribution is -2.42. The lowest BCUT2D eigenvalue weighted by Gasteiger charge is -2.29. The van der Waals surface area contributed by atoms with Gasteiger partial charge in [-0.15, -0.1) is 0 Å². The molecule has 0 aliphatic carbocycles. The molecule has 11 nitrogen and oxygen atoms in total. The van der Waals surface area contributed by atoms with Gasteiger partial charge in [0.15, 0.2) is 5.65 Å². The smallest absolute Gasteiger partial charge is 0.410 e. The molecule has 2 saturated heterocycles. The lowest BCUT2D eigenvalue weighted by molar-refractivity contribution is -0.124. The zero-order chi connectivity index (χ0) is 27.7. The molecule has 39 heavy (non-hydrogen) atoms. The van der Waals surface area contributed by atoms with Gasteiger partial charge in [-0.1, -0.05) is 17.7 Å². The molecule has 0 radical (unpaired) electrons. The molecule has 3 aromatic rings. The molecule has 1 unspecified atom stereocenters. The van der Waals surface area contributed by atoms with E-state index in [4.69, 9.17) is 21.3 Å². The van der Waals surface area contributed by atoms with Crippen molar-refractivity contribution in [1.29, 1.82) is 0 Å². The summed E-state index contributed by atoms with van der Waals surface area (Å²) < 4.78 is 7.24. The summed E-state index contributed by atoms with van der Waals surface area (Å²) >= 11 is 6.17. The third-order valence-corrected chi connectivity index (χ3v) is 6.58. The van der Waals surface area contributed by atoms with Crippen molar-refractivity contribution in [3.63, 3.8) is 0 Å². The molecule has 3 N–H and O–H groups in total. The van der Waals surface area contributed by atoms with Gasteiger partial charge in [-0.2, -0.15) is 9.61 Å². The van der Waals surface area contributed by atoms with Gasteiger partial charge in [-0.3, -0.25) is 14.9 Å². The summed E-state index contributed by atoms with van der Waals surface area (Å²) in [7, 11) is 0. The van der Waals surface area contributed by atoms with E-state index in [1.165, 1.54) is 0 Å². The Morgan fingerprint density at radius 2 is 2.10 bits per heavy atom. The van der Waals surface area contributed by atoms with Crippen LogP contribution < -0.4 is 16.0 Å². The van der Waals surface area contributed by atoms with E-state index in [0.717, 1.165) is 18.5 Å². The Kier molecular flexibility index (Phi) is 7.17. The number of benzene rings is 1. The summed E-state index contributed by atoms with van der Waals surface area (Å²) in [6.07, 6.45) is 4.63. The molecule has 0 saturated carbocycles. The molecular weight excluding hydrogens is 522 g/mol. The maximum absolute atomic E-state index is 12.8. The van der Waals surface area contributed by atoms with E-state index in [1.54, 1.807) is 33.8 Å². The number of likely N-dealkylation sites (tertiary alicyclic amines) is 1. The number of amides is 3. The summed E-state index contributed by atoms with van der Waals surface area (Å²) in [5, 5.41) is 14.1. The Balaban J connectivity index is 1.45. The van der Waals surface area contributed by atoms with E-state index in [2.05, 4.69) is 21.0 Å². The number of nitrogens with zero attached hydrogens (tertiary/aromatic N) is 4. The fraction of sp³-hybridized carbons (Fsp3) is 0.370. The number of imide groups is 1. The van der Waals surface area contributed by atoms with Crippen LogP contribution in [-0.4, -0.2) is 62.1 Å². The molecular formula is C27H30ClN7O4. The number of hydrogen-bond acceptors (Lipinski definition) is 8. The van der Waals surface area contributed by atoms with Crippen LogP contribution in [-0.2, 0) is 14.3 Å². The largest absolute Gasteiger partial charge is 0.444 e. The predicted octanol–water partition coefficient (Wildman–Crippen LogP) is 4.37. The number of nitrogens with one attached hydrogen (secondary N) is 3. The first-order valence-corrected chi connectivity index (χ1v) is 13.1. The van der Waals surface area contributed by atoms with Gasteiger partial charge in [-0.25, -0.2) is 9.78 Å². The number of carbonyl (C=O) groups is 3. The Bertz CT molecular complexity index is 1480. The number of fused-ring (bicyclic) bond motifs is 1. The average molecular weight is 552 g/mol. The van der Waals surface area contributed by atoms with Gasteiger partial charge in [0.1, 0.15) is 17.2 Å². The molecule has 2 aliphatic rings. The zero-order valence-electron chi connectivity index (χ0n) is 22.0. The van der Waals surface area contributed by atoms with E-state index >= 15 is 0 Å². The van der Waals surface area contributed by atoms with E-state index < -0.39 is 11.5 Å². The molecule has 2 fully saturated rings. The van der Waals surface area contributed by atoms with Crippen molar-refractivity contribution in [1.82, 2.24) is 24.8 Å². The minimum Gasteiger partial charge on any atom is -0.444 e. The van der Waals surface area contributed by atoms with Crippen LogP contribution in [0.2, 0.25) is 5.02 Å². The van der Waals surface area contributed by atoms with Gasteiger partial charge in [0.05, 0.1) is 18.7 Å². The Hall–Kier alpha value is -4.12. The second-order valence-corrected chi connectivity index (χ2v) is 11.0. The maximum atomic E-state index is 12.8. The predicted molar refractivity (Wildman–Crippen MR) is 148 cm³/mol. The third kappa shape index (κ3) is 6.14. The van der Waals surface area contributed by atoms with E-state index in [1.807, 2.05) is 39.0 Å². The molecule has 204 valence electrons. The molecule has 0 spiro atoms. The fourth-order valence-corrected chi connectivity index (χ4v) is 4.82. The first-order valence-electron chi connectivity index (χ1n) is 12.8. The molecule has 4 heterocycles. The van der Waals surface area contributed by atoms with Crippen molar-refractivity contribution >= 4 is 58.6 Å². The topological polar surface area (TPSA) is 130 Å². The molecule has 2 aliphatic heterocycles. The molecule has 2 aromatic heterocycles. The highest BCUT2D eigenvalue weighted by atomic mass is 35.5. The SMILES string of the molecule is CC(C)(C)OC(=O)N1CCCC1CNc1cc(Nc2cccc(Cl)c2)nc2c(/C=C3\CC(=O)NC3=O)cnn12. The van der Waals surface area contributed by atoms with Crippen molar-refractivity contribution in [3.05, 3.63) is 52.7 Å². The highest BCUT2D eigenvalue weighted by molar-refractivity contribution is 6.30. The van der Waals surface area contributed by atoms with Crippen LogP contribution in [0.25, 0.3) is 11.7 Å². The van der Waals surface area contributed by atoms with Gasteiger partial charge in [0, 0.05) is 41.0 Å². The van der Waals surface area contributed by atoms with Crippen molar-refractivity contribution in [2.45, 2.75) is 51.7 Å². The summed E-state index contributed by atoms with van der Waals surface area (Å²) in [6, 6.07) is 9.03. The molecule has 1 aromatic carbocycles.